The molecule has 0 saturated carbocycles. The van der Waals surface area contributed by atoms with Crippen LogP contribution >= 0.6 is 22.7 Å². The van der Waals surface area contributed by atoms with Crippen LogP contribution in [0.2, 0.25) is 0 Å². The maximum absolute atomic E-state index is 11.6. The van der Waals surface area contributed by atoms with Crippen LogP contribution in [0.1, 0.15) is 12.5 Å². The number of hydrogen-bond acceptors (Lipinski definition) is 4. The molecule has 2 aromatic heterocycles. The Morgan fingerprint density at radius 2 is 2.26 bits per heavy atom. The second-order valence-corrected chi connectivity index (χ2v) is 6.32. The molecular formula is C13H16N2O2S2. The Kier molecular flexibility index (Phi) is 4.57. The van der Waals surface area contributed by atoms with Crippen LogP contribution in [0.5, 0.6) is 0 Å². The number of nitrogens with one attached hydrogen (secondary N) is 2. The minimum atomic E-state index is -0.951. The monoisotopic (exact) mass is 296 g/mol. The van der Waals surface area contributed by atoms with Crippen molar-refractivity contribution >= 4 is 33.7 Å². The summed E-state index contributed by atoms with van der Waals surface area (Å²) in [6.07, 6.45) is 0.524. The number of amides is 2. The molecule has 4 nitrogen and oxygen atoms in total. The third kappa shape index (κ3) is 4.66. The number of rotatable bonds is 5. The van der Waals surface area contributed by atoms with E-state index >= 15 is 0 Å². The van der Waals surface area contributed by atoms with Crippen molar-refractivity contribution in [2.75, 3.05) is 11.9 Å². The van der Waals surface area contributed by atoms with E-state index in [1.54, 1.807) is 18.3 Å². The zero-order chi connectivity index (χ0) is 13.7. The van der Waals surface area contributed by atoms with Gasteiger partial charge in [0.15, 0.2) is 0 Å². The maximum Gasteiger partial charge on any atom is 0.319 e. The number of hydrogen-bond donors (Lipinski definition) is 3. The van der Waals surface area contributed by atoms with E-state index in [9.17, 15) is 9.90 Å². The Morgan fingerprint density at radius 3 is 2.89 bits per heavy atom. The Hall–Kier alpha value is -1.37. The Bertz CT molecular complexity index is 507. The lowest BCUT2D eigenvalue weighted by atomic mass is 9.98. The first-order chi connectivity index (χ1) is 9.05. The van der Waals surface area contributed by atoms with E-state index in [-0.39, 0.29) is 12.6 Å². The number of thiophene rings is 2. The first kappa shape index (κ1) is 14.0. The van der Waals surface area contributed by atoms with E-state index in [2.05, 4.69) is 10.6 Å². The Balaban J connectivity index is 1.78. The highest BCUT2D eigenvalue weighted by atomic mass is 32.1. The summed E-state index contributed by atoms with van der Waals surface area (Å²) in [7, 11) is 0. The minimum Gasteiger partial charge on any atom is -0.388 e. The molecule has 6 heteroatoms. The van der Waals surface area contributed by atoms with Gasteiger partial charge in [-0.1, -0.05) is 0 Å². The number of urea groups is 1. The van der Waals surface area contributed by atoms with Gasteiger partial charge in [-0.2, -0.15) is 11.3 Å². The van der Waals surface area contributed by atoms with Crippen LogP contribution in [0, 0.1) is 0 Å². The molecule has 1 unspecified atom stereocenters. The van der Waals surface area contributed by atoms with Crippen molar-refractivity contribution in [1.29, 1.82) is 0 Å². The number of aliphatic hydroxyl groups is 1. The SMILES string of the molecule is CC(O)(CNC(=O)Nc1cccs1)Cc1ccsc1. The Morgan fingerprint density at radius 1 is 1.42 bits per heavy atom. The van der Waals surface area contributed by atoms with Gasteiger partial charge < -0.3 is 10.4 Å². The molecule has 2 amide bonds. The molecule has 0 aliphatic carbocycles. The standard InChI is InChI=1S/C13H16N2O2S2/c1-13(17,7-10-4-6-18-8-10)9-14-12(16)15-11-3-2-5-19-11/h2-6,8,17H,7,9H2,1H3,(H2,14,15,16). The normalized spacial score (nSPS) is 13.8. The topological polar surface area (TPSA) is 61.4 Å². The molecule has 0 aromatic carbocycles. The lowest BCUT2D eigenvalue weighted by Crippen LogP contribution is -2.43. The van der Waals surface area contributed by atoms with Gasteiger partial charge in [0, 0.05) is 13.0 Å². The summed E-state index contributed by atoms with van der Waals surface area (Å²) in [5.74, 6) is 0. The van der Waals surface area contributed by atoms with E-state index in [1.807, 2.05) is 34.3 Å². The average Bonchev–Trinajstić information content (AvgIpc) is 2.99. The molecular weight excluding hydrogens is 280 g/mol. The van der Waals surface area contributed by atoms with Crippen molar-refractivity contribution in [3.05, 3.63) is 39.9 Å². The highest BCUT2D eigenvalue weighted by Crippen LogP contribution is 2.16. The van der Waals surface area contributed by atoms with Crippen LogP contribution in [-0.4, -0.2) is 23.3 Å². The average molecular weight is 296 g/mol. The van der Waals surface area contributed by atoms with Crippen LogP contribution in [0.3, 0.4) is 0 Å². The van der Waals surface area contributed by atoms with Gasteiger partial charge >= 0.3 is 6.03 Å². The van der Waals surface area contributed by atoms with Crippen LogP contribution in [0.4, 0.5) is 9.80 Å². The number of carbonyl (C=O) groups excluding carboxylic acids is 1. The fourth-order valence-electron chi connectivity index (χ4n) is 1.67. The molecule has 3 N–H and O–H groups in total. The molecule has 0 aliphatic heterocycles. The summed E-state index contributed by atoms with van der Waals surface area (Å²) in [6, 6.07) is 5.37. The second-order valence-electron chi connectivity index (χ2n) is 4.59. The number of carbonyl (C=O) groups is 1. The predicted molar refractivity (Wildman–Crippen MR) is 80.0 cm³/mol. The lowest BCUT2D eigenvalue weighted by Gasteiger charge is -2.23. The molecule has 1 atom stereocenters. The smallest absolute Gasteiger partial charge is 0.319 e. The zero-order valence-corrected chi connectivity index (χ0v) is 12.2. The zero-order valence-electron chi connectivity index (χ0n) is 10.6. The summed E-state index contributed by atoms with van der Waals surface area (Å²) >= 11 is 3.05. The maximum atomic E-state index is 11.6. The van der Waals surface area contributed by atoms with Crippen molar-refractivity contribution < 1.29 is 9.90 Å². The third-order valence-corrected chi connectivity index (χ3v) is 4.07. The predicted octanol–water partition coefficient (Wildman–Crippen LogP) is 2.92. The highest BCUT2D eigenvalue weighted by Gasteiger charge is 2.22. The molecule has 0 saturated heterocycles. The summed E-state index contributed by atoms with van der Waals surface area (Å²) in [4.78, 5) is 11.6. The first-order valence-corrected chi connectivity index (χ1v) is 7.69. The van der Waals surface area contributed by atoms with Crippen molar-refractivity contribution in [2.45, 2.75) is 18.9 Å². The lowest BCUT2D eigenvalue weighted by molar-refractivity contribution is 0.0631. The van der Waals surface area contributed by atoms with E-state index in [0.717, 1.165) is 10.6 Å². The molecule has 2 aromatic rings. The van der Waals surface area contributed by atoms with E-state index in [1.165, 1.54) is 11.3 Å². The fraction of sp³-hybridized carbons (Fsp3) is 0.308. The van der Waals surface area contributed by atoms with Gasteiger partial charge in [-0.3, -0.25) is 5.32 Å². The van der Waals surface area contributed by atoms with Gasteiger partial charge in [0.1, 0.15) is 0 Å². The molecule has 19 heavy (non-hydrogen) atoms. The van der Waals surface area contributed by atoms with E-state index in [4.69, 9.17) is 0 Å². The summed E-state index contributed by atoms with van der Waals surface area (Å²) in [5.41, 5.74) is 0.129. The van der Waals surface area contributed by atoms with E-state index in [0.29, 0.717) is 6.42 Å². The molecule has 0 fully saturated rings. The highest BCUT2D eigenvalue weighted by molar-refractivity contribution is 7.14. The van der Waals surface area contributed by atoms with Gasteiger partial charge in [0.2, 0.25) is 0 Å². The van der Waals surface area contributed by atoms with Gasteiger partial charge in [0.05, 0.1) is 10.6 Å². The molecule has 0 spiro atoms. The van der Waals surface area contributed by atoms with Crippen molar-refractivity contribution in [2.24, 2.45) is 0 Å². The molecule has 102 valence electrons. The molecule has 2 heterocycles. The second kappa shape index (κ2) is 6.18. The van der Waals surface area contributed by atoms with Gasteiger partial charge in [-0.15, -0.1) is 11.3 Å². The molecule has 0 aliphatic rings. The van der Waals surface area contributed by atoms with Crippen LogP contribution < -0.4 is 10.6 Å². The van der Waals surface area contributed by atoms with Crippen molar-refractivity contribution in [1.82, 2.24) is 5.32 Å². The van der Waals surface area contributed by atoms with Gasteiger partial charge in [-0.05, 0) is 46.8 Å². The molecule has 0 bridgehead atoms. The summed E-state index contributed by atoms with van der Waals surface area (Å²) in [5, 5.41) is 22.3. The minimum absolute atomic E-state index is 0.208. The third-order valence-electron chi connectivity index (χ3n) is 2.55. The van der Waals surface area contributed by atoms with E-state index < -0.39 is 5.60 Å². The summed E-state index contributed by atoms with van der Waals surface area (Å²) in [6.45, 7) is 1.93. The van der Waals surface area contributed by atoms with Gasteiger partial charge in [0.25, 0.3) is 0 Å². The quantitative estimate of drug-likeness (QED) is 0.794. The Labute approximate surface area is 120 Å². The molecule has 2 rings (SSSR count). The van der Waals surface area contributed by atoms with Crippen LogP contribution in [0.25, 0.3) is 0 Å². The number of anilines is 1. The first-order valence-electron chi connectivity index (χ1n) is 5.87. The summed E-state index contributed by atoms with van der Waals surface area (Å²) < 4.78 is 0. The van der Waals surface area contributed by atoms with Crippen molar-refractivity contribution in [3.63, 3.8) is 0 Å². The van der Waals surface area contributed by atoms with Gasteiger partial charge in [-0.25, -0.2) is 4.79 Å². The largest absolute Gasteiger partial charge is 0.388 e. The van der Waals surface area contributed by atoms with Crippen molar-refractivity contribution in [3.8, 4) is 0 Å². The van der Waals surface area contributed by atoms with Crippen LogP contribution in [0.15, 0.2) is 34.3 Å². The fourth-order valence-corrected chi connectivity index (χ4v) is 2.95. The molecule has 0 radical (unpaired) electrons. The van der Waals surface area contributed by atoms with Crippen LogP contribution in [-0.2, 0) is 6.42 Å².